The van der Waals surface area contributed by atoms with Crippen LogP contribution < -0.4 is 16.0 Å². The molecule has 4 nitrogen and oxygen atoms in total. The molecule has 0 aliphatic heterocycles. The zero-order chi connectivity index (χ0) is 13.0. The summed E-state index contributed by atoms with van der Waals surface area (Å²) in [5, 5.41) is 2.44. The van der Waals surface area contributed by atoms with Crippen LogP contribution >= 0.6 is 0 Å². The minimum atomic E-state index is -0.824. The van der Waals surface area contributed by atoms with E-state index in [-0.39, 0.29) is 23.8 Å². The molecule has 0 radical (unpaired) electrons. The van der Waals surface area contributed by atoms with E-state index in [1.165, 1.54) is 11.9 Å². The molecule has 17 heavy (non-hydrogen) atoms. The number of anilines is 2. The smallest absolute Gasteiger partial charge is 0.239 e. The maximum atomic E-state index is 13.3. The molecule has 0 unspecified atom stereocenters. The molecule has 0 fully saturated rings. The summed E-state index contributed by atoms with van der Waals surface area (Å²) in [6, 6.07) is 1.83. The topological polar surface area (TPSA) is 58.4 Å². The van der Waals surface area contributed by atoms with Gasteiger partial charge in [-0.25, -0.2) is 8.78 Å². The molecule has 1 rings (SSSR count). The average molecular weight is 243 g/mol. The number of nitrogen functional groups attached to an aromatic ring is 1. The molecule has 0 atom stereocenters. The van der Waals surface area contributed by atoms with Crippen molar-refractivity contribution in [3.8, 4) is 0 Å². The normalized spacial score (nSPS) is 10.1. The predicted octanol–water partition coefficient (Wildman–Crippen LogP) is 1.12. The second kappa shape index (κ2) is 5.47. The van der Waals surface area contributed by atoms with Gasteiger partial charge in [-0.3, -0.25) is 4.79 Å². The number of likely N-dealkylation sites (N-methyl/N-ethyl adjacent to an activating group) is 2. The number of amides is 1. The van der Waals surface area contributed by atoms with Crippen molar-refractivity contribution in [1.82, 2.24) is 5.32 Å². The molecule has 0 aliphatic rings. The summed E-state index contributed by atoms with van der Waals surface area (Å²) >= 11 is 0. The number of rotatable bonds is 4. The van der Waals surface area contributed by atoms with E-state index in [2.05, 4.69) is 5.32 Å². The lowest BCUT2D eigenvalue weighted by Gasteiger charge is -2.23. The van der Waals surface area contributed by atoms with Crippen LogP contribution in [0.1, 0.15) is 6.92 Å². The van der Waals surface area contributed by atoms with Crippen LogP contribution in [0.25, 0.3) is 0 Å². The molecule has 0 spiro atoms. The largest absolute Gasteiger partial charge is 0.395 e. The Hall–Kier alpha value is -1.85. The Morgan fingerprint density at radius 2 is 2.12 bits per heavy atom. The number of nitrogens with zero attached hydrogens (tertiary/aromatic N) is 1. The molecule has 0 saturated carbocycles. The molecule has 1 amide bonds. The Morgan fingerprint density at radius 1 is 1.47 bits per heavy atom. The second-order valence-electron chi connectivity index (χ2n) is 3.51. The highest BCUT2D eigenvalue weighted by atomic mass is 19.1. The molecular formula is C11H15F2N3O. The van der Waals surface area contributed by atoms with Gasteiger partial charge in [-0.05, 0) is 13.0 Å². The van der Waals surface area contributed by atoms with Gasteiger partial charge in [-0.2, -0.15) is 0 Å². The van der Waals surface area contributed by atoms with Crippen molar-refractivity contribution in [1.29, 1.82) is 0 Å². The van der Waals surface area contributed by atoms with Crippen molar-refractivity contribution in [2.24, 2.45) is 0 Å². The van der Waals surface area contributed by atoms with Gasteiger partial charge in [0.15, 0.2) is 5.82 Å². The highest BCUT2D eigenvalue weighted by Crippen LogP contribution is 2.26. The van der Waals surface area contributed by atoms with E-state index < -0.39 is 11.6 Å². The van der Waals surface area contributed by atoms with Gasteiger partial charge in [0.1, 0.15) is 5.82 Å². The number of hydrogen-bond donors (Lipinski definition) is 2. The fraction of sp³-hybridized carbons (Fsp3) is 0.364. The lowest BCUT2D eigenvalue weighted by molar-refractivity contribution is -0.119. The molecule has 0 aliphatic carbocycles. The first-order chi connectivity index (χ1) is 7.99. The van der Waals surface area contributed by atoms with E-state index in [4.69, 9.17) is 5.73 Å². The van der Waals surface area contributed by atoms with Gasteiger partial charge in [-0.1, -0.05) is 0 Å². The van der Waals surface area contributed by atoms with Gasteiger partial charge in [0.05, 0.1) is 17.9 Å². The van der Waals surface area contributed by atoms with E-state index >= 15 is 0 Å². The standard InChI is InChI=1S/C11H15F2N3O/c1-3-16(6-10(17)15-2)9-5-7(12)4-8(13)11(9)14/h4-5H,3,6,14H2,1-2H3,(H,15,17). The molecule has 0 saturated heterocycles. The molecule has 94 valence electrons. The Labute approximate surface area is 98.4 Å². The third-order valence-electron chi connectivity index (χ3n) is 2.41. The van der Waals surface area contributed by atoms with Gasteiger partial charge in [-0.15, -0.1) is 0 Å². The second-order valence-corrected chi connectivity index (χ2v) is 3.51. The summed E-state index contributed by atoms with van der Waals surface area (Å²) < 4.78 is 26.4. The van der Waals surface area contributed by atoms with Crippen molar-refractivity contribution in [2.75, 3.05) is 30.8 Å². The molecule has 0 heterocycles. The first-order valence-electron chi connectivity index (χ1n) is 5.19. The summed E-state index contributed by atoms with van der Waals surface area (Å²) in [5.74, 6) is -1.80. The summed E-state index contributed by atoms with van der Waals surface area (Å²) in [7, 11) is 1.49. The summed E-state index contributed by atoms with van der Waals surface area (Å²) in [6.45, 7) is 2.19. The SMILES string of the molecule is CCN(CC(=O)NC)c1cc(F)cc(F)c1N. The highest BCUT2D eigenvalue weighted by molar-refractivity contribution is 5.82. The van der Waals surface area contributed by atoms with Gasteiger partial charge in [0.25, 0.3) is 0 Å². The zero-order valence-corrected chi connectivity index (χ0v) is 9.76. The predicted molar refractivity (Wildman–Crippen MR) is 62.7 cm³/mol. The third-order valence-corrected chi connectivity index (χ3v) is 2.41. The van der Waals surface area contributed by atoms with E-state index in [9.17, 15) is 13.6 Å². The van der Waals surface area contributed by atoms with Crippen LogP contribution in [0.5, 0.6) is 0 Å². The van der Waals surface area contributed by atoms with Crippen LogP contribution in [0.15, 0.2) is 12.1 Å². The first kappa shape index (κ1) is 13.2. The number of carbonyl (C=O) groups is 1. The highest BCUT2D eigenvalue weighted by Gasteiger charge is 2.15. The van der Waals surface area contributed by atoms with Crippen LogP contribution in [-0.2, 0) is 4.79 Å². The van der Waals surface area contributed by atoms with E-state index in [0.717, 1.165) is 6.07 Å². The van der Waals surface area contributed by atoms with Crippen LogP contribution in [0.2, 0.25) is 0 Å². The third kappa shape index (κ3) is 3.05. The van der Waals surface area contributed by atoms with Crippen molar-refractivity contribution in [3.63, 3.8) is 0 Å². The lowest BCUT2D eigenvalue weighted by Crippen LogP contribution is -2.36. The summed E-state index contributed by atoms with van der Waals surface area (Å²) in [5.41, 5.74) is 5.56. The monoisotopic (exact) mass is 243 g/mol. The van der Waals surface area contributed by atoms with Crippen LogP contribution in [0, 0.1) is 11.6 Å². The zero-order valence-electron chi connectivity index (χ0n) is 9.76. The number of nitrogens with two attached hydrogens (primary N) is 1. The molecule has 0 aromatic heterocycles. The fourth-order valence-electron chi connectivity index (χ4n) is 1.45. The average Bonchev–Trinajstić information content (AvgIpc) is 2.30. The summed E-state index contributed by atoms with van der Waals surface area (Å²) in [6.07, 6.45) is 0. The molecule has 1 aromatic carbocycles. The Balaban J connectivity index is 3.07. The number of halogens is 2. The molecule has 3 N–H and O–H groups in total. The van der Waals surface area contributed by atoms with Gasteiger partial charge >= 0.3 is 0 Å². The molecule has 1 aromatic rings. The van der Waals surface area contributed by atoms with Crippen molar-refractivity contribution >= 4 is 17.3 Å². The summed E-state index contributed by atoms with van der Waals surface area (Å²) in [4.78, 5) is 12.8. The van der Waals surface area contributed by atoms with Gasteiger partial charge in [0, 0.05) is 19.7 Å². The van der Waals surface area contributed by atoms with Gasteiger partial charge in [0.2, 0.25) is 5.91 Å². The van der Waals surface area contributed by atoms with Crippen molar-refractivity contribution in [3.05, 3.63) is 23.8 Å². The quantitative estimate of drug-likeness (QED) is 0.779. The Morgan fingerprint density at radius 3 is 2.65 bits per heavy atom. The molecule has 6 heteroatoms. The maximum absolute atomic E-state index is 13.3. The minimum Gasteiger partial charge on any atom is -0.395 e. The van der Waals surface area contributed by atoms with E-state index in [0.29, 0.717) is 12.6 Å². The number of benzene rings is 1. The van der Waals surface area contributed by atoms with Crippen LogP contribution in [-0.4, -0.2) is 26.0 Å². The van der Waals surface area contributed by atoms with Crippen LogP contribution in [0.4, 0.5) is 20.2 Å². The fourth-order valence-corrected chi connectivity index (χ4v) is 1.45. The number of hydrogen-bond acceptors (Lipinski definition) is 3. The molecule has 0 bridgehead atoms. The van der Waals surface area contributed by atoms with Crippen molar-refractivity contribution in [2.45, 2.75) is 6.92 Å². The Kier molecular flexibility index (Phi) is 4.25. The van der Waals surface area contributed by atoms with Gasteiger partial charge < -0.3 is 16.0 Å². The van der Waals surface area contributed by atoms with Crippen LogP contribution in [0.3, 0.4) is 0 Å². The van der Waals surface area contributed by atoms with E-state index in [1.54, 1.807) is 6.92 Å². The molecular weight excluding hydrogens is 228 g/mol. The number of nitrogens with one attached hydrogen (secondary N) is 1. The minimum absolute atomic E-state index is 0.0000926. The Bertz CT molecular complexity index is 423. The number of carbonyl (C=O) groups excluding carboxylic acids is 1. The van der Waals surface area contributed by atoms with Crippen molar-refractivity contribution < 1.29 is 13.6 Å². The first-order valence-corrected chi connectivity index (χ1v) is 5.19. The maximum Gasteiger partial charge on any atom is 0.239 e. The van der Waals surface area contributed by atoms with E-state index in [1.807, 2.05) is 0 Å². The lowest BCUT2D eigenvalue weighted by atomic mass is 10.2.